The molecule has 88 valence electrons. The zero-order chi connectivity index (χ0) is 12.3. The molecule has 0 unspecified atom stereocenters. The van der Waals surface area contributed by atoms with Crippen LogP contribution in [0, 0.1) is 6.92 Å². The maximum absolute atomic E-state index is 10.5. The number of nitrogens with zero attached hydrogens (tertiary/aromatic N) is 3. The van der Waals surface area contributed by atoms with Gasteiger partial charge >= 0.3 is 5.97 Å². The van der Waals surface area contributed by atoms with Gasteiger partial charge in [0.15, 0.2) is 5.16 Å². The fourth-order valence-electron chi connectivity index (χ4n) is 1.33. The monoisotopic (exact) mass is 249 g/mol. The summed E-state index contributed by atoms with van der Waals surface area (Å²) in [5.74, 6) is -0.890. The number of aromatic nitrogens is 3. The van der Waals surface area contributed by atoms with E-state index in [1.54, 1.807) is 10.9 Å². The topological polar surface area (TPSA) is 68.0 Å². The third kappa shape index (κ3) is 2.85. The molecule has 0 saturated carbocycles. The molecule has 0 fully saturated rings. The lowest BCUT2D eigenvalue weighted by atomic mass is 10.2. The van der Waals surface area contributed by atoms with E-state index in [0.717, 1.165) is 17.4 Å². The molecule has 0 bridgehead atoms. The van der Waals surface area contributed by atoms with E-state index in [9.17, 15) is 4.79 Å². The lowest BCUT2D eigenvalue weighted by molar-refractivity contribution is -0.133. The van der Waals surface area contributed by atoms with Crippen LogP contribution in [0.2, 0.25) is 0 Å². The van der Waals surface area contributed by atoms with Crippen LogP contribution >= 0.6 is 11.8 Å². The van der Waals surface area contributed by atoms with Crippen LogP contribution in [0.25, 0.3) is 5.69 Å². The lowest BCUT2D eigenvalue weighted by Crippen LogP contribution is -2.01. The Morgan fingerprint density at radius 1 is 1.41 bits per heavy atom. The molecule has 0 saturated heterocycles. The second-order valence-electron chi connectivity index (χ2n) is 3.50. The maximum Gasteiger partial charge on any atom is 0.313 e. The van der Waals surface area contributed by atoms with Crippen LogP contribution in [0.5, 0.6) is 0 Å². The normalized spacial score (nSPS) is 10.4. The van der Waals surface area contributed by atoms with Crippen LogP contribution in [0.1, 0.15) is 5.56 Å². The highest BCUT2D eigenvalue weighted by molar-refractivity contribution is 7.99. The van der Waals surface area contributed by atoms with Gasteiger partial charge in [-0.2, -0.15) is 0 Å². The minimum Gasteiger partial charge on any atom is -0.481 e. The first-order valence-electron chi connectivity index (χ1n) is 4.98. The van der Waals surface area contributed by atoms with Gasteiger partial charge in [-0.25, -0.2) is 0 Å². The van der Waals surface area contributed by atoms with Crippen molar-refractivity contribution in [3.63, 3.8) is 0 Å². The van der Waals surface area contributed by atoms with E-state index in [2.05, 4.69) is 10.2 Å². The van der Waals surface area contributed by atoms with Gasteiger partial charge in [0.05, 0.1) is 5.75 Å². The van der Waals surface area contributed by atoms with Crippen molar-refractivity contribution in [3.8, 4) is 5.69 Å². The molecule has 1 aromatic heterocycles. The number of hydrogen-bond donors (Lipinski definition) is 1. The highest BCUT2D eigenvalue weighted by Crippen LogP contribution is 2.19. The van der Waals surface area contributed by atoms with Crippen molar-refractivity contribution in [2.24, 2.45) is 0 Å². The molecule has 0 aliphatic rings. The van der Waals surface area contributed by atoms with Crippen molar-refractivity contribution >= 4 is 17.7 Å². The van der Waals surface area contributed by atoms with Gasteiger partial charge in [-0.3, -0.25) is 9.36 Å². The molecule has 0 atom stereocenters. The number of thioether (sulfide) groups is 1. The Morgan fingerprint density at radius 3 is 2.76 bits per heavy atom. The van der Waals surface area contributed by atoms with Gasteiger partial charge in [-0.05, 0) is 19.1 Å². The van der Waals surface area contributed by atoms with Gasteiger partial charge in [-0.1, -0.05) is 29.5 Å². The van der Waals surface area contributed by atoms with Gasteiger partial charge in [0, 0.05) is 5.69 Å². The van der Waals surface area contributed by atoms with Crippen LogP contribution < -0.4 is 0 Å². The highest BCUT2D eigenvalue weighted by atomic mass is 32.2. The number of carboxylic acids is 1. The highest BCUT2D eigenvalue weighted by Gasteiger charge is 2.08. The van der Waals surface area contributed by atoms with Gasteiger partial charge in [-0.15, -0.1) is 10.2 Å². The summed E-state index contributed by atoms with van der Waals surface area (Å²) < 4.78 is 1.77. The molecule has 5 nitrogen and oxygen atoms in total. The summed E-state index contributed by atoms with van der Waals surface area (Å²) >= 11 is 1.15. The van der Waals surface area contributed by atoms with Crippen molar-refractivity contribution in [1.29, 1.82) is 0 Å². The molecule has 1 heterocycles. The van der Waals surface area contributed by atoms with E-state index in [1.807, 2.05) is 31.2 Å². The SMILES string of the molecule is Cc1ccc(-n2cnnc2SCC(=O)O)cc1. The van der Waals surface area contributed by atoms with E-state index in [4.69, 9.17) is 5.11 Å². The first kappa shape index (κ1) is 11.7. The smallest absolute Gasteiger partial charge is 0.313 e. The molecule has 17 heavy (non-hydrogen) atoms. The minimum absolute atomic E-state index is 0.0233. The van der Waals surface area contributed by atoms with Crippen LogP contribution in [0.15, 0.2) is 35.7 Å². The first-order valence-corrected chi connectivity index (χ1v) is 5.97. The second kappa shape index (κ2) is 5.01. The Kier molecular flexibility index (Phi) is 3.43. The Bertz CT molecular complexity index is 522. The zero-order valence-corrected chi connectivity index (χ0v) is 10.0. The summed E-state index contributed by atoms with van der Waals surface area (Å²) in [5.41, 5.74) is 2.09. The first-order chi connectivity index (χ1) is 8.16. The maximum atomic E-state index is 10.5. The van der Waals surface area contributed by atoms with Gasteiger partial charge in [0.25, 0.3) is 0 Å². The van der Waals surface area contributed by atoms with Crippen LogP contribution in [-0.2, 0) is 4.79 Å². The minimum atomic E-state index is -0.867. The van der Waals surface area contributed by atoms with Crippen molar-refractivity contribution in [1.82, 2.24) is 14.8 Å². The molecule has 0 spiro atoms. The van der Waals surface area contributed by atoms with E-state index in [-0.39, 0.29) is 5.75 Å². The molecule has 2 rings (SSSR count). The zero-order valence-electron chi connectivity index (χ0n) is 9.20. The predicted octanol–water partition coefficient (Wildman–Crippen LogP) is 1.75. The number of rotatable bonds is 4. The van der Waals surface area contributed by atoms with Crippen molar-refractivity contribution in [2.45, 2.75) is 12.1 Å². The number of hydrogen-bond acceptors (Lipinski definition) is 4. The van der Waals surface area contributed by atoms with Gasteiger partial charge in [0.1, 0.15) is 6.33 Å². The Morgan fingerprint density at radius 2 is 2.12 bits per heavy atom. The molecule has 1 aromatic carbocycles. The third-order valence-corrected chi connectivity index (χ3v) is 3.08. The summed E-state index contributed by atoms with van der Waals surface area (Å²) in [6.45, 7) is 2.01. The Hall–Kier alpha value is -1.82. The molecule has 0 aliphatic heterocycles. The molecule has 6 heteroatoms. The molecule has 0 amide bonds. The van der Waals surface area contributed by atoms with Crippen molar-refractivity contribution < 1.29 is 9.90 Å². The molecule has 0 aliphatic carbocycles. The number of aliphatic carboxylic acids is 1. The summed E-state index contributed by atoms with van der Waals surface area (Å²) in [6, 6.07) is 7.87. The van der Waals surface area contributed by atoms with Crippen molar-refractivity contribution in [2.75, 3.05) is 5.75 Å². The van der Waals surface area contributed by atoms with Crippen LogP contribution in [0.4, 0.5) is 0 Å². The fourth-order valence-corrected chi connectivity index (χ4v) is 1.98. The summed E-state index contributed by atoms with van der Waals surface area (Å²) in [7, 11) is 0. The van der Waals surface area contributed by atoms with E-state index >= 15 is 0 Å². The van der Waals surface area contributed by atoms with E-state index < -0.39 is 5.97 Å². The summed E-state index contributed by atoms with van der Waals surface area (Å²) in [5, 5.41) is 16.9. The lowest BCUT2D eigenvalue weighted by Gasteiger charge is -2.05. The van der Waals surface area contributed by atoms with E-state index in [0.29, 0.717) is 5.16 Å². The van der Waals surface area contributed by atoms with Crippen LogP contribution in [0.3, 0.4) is 0 Å². The molecular weight excluding hydrogens is 238 g/mol. The standard InChI is InChI=1S/C11H11N3O2S/c1-8-2-4-9(5-3-8)14-7-12-13-11(14)17-6-10(15)16/h2-5,7H,6H2,1H3,(H,15,16). The fraction of sp³-hybridized carbons (Fsp3) is 0.182. The largest absolute Gasteiger partial charge is 0.481 e. The number of benzene rings is 1. The summed E-state index contributed by atoms with van der Waals surface area (Å²) in [4.78, 5) is 10.5. The third-order valence-electron chi connectivity index (χ3n) is 2.15. The average Bonchev–Trinajstić information content (AvgIpc) is 2.75. The second-order valence-corrected chi connectivity index (χ2v) is 4.44. The number of aryl methyl sites for hydroxylation is 1. The van der Waals surface area contributed by atoms with Crippen molar-refractivity contribution in [3.05, 3.63) is 36.2 Å². The quantitative estimate of drug-likeness (QED) is 0.836. The molecular formula is C11H11N3O2S. The molecule has 0 radical (unpaired) electrons. The Balaban J connectivity index is 2.24. The average molecular weight is 249 g/mol. The Labute approximate surface area is 102 Å². The predicted molar refractivity (Wildman–Crippen MR) is 64.5 cm³/mol. The van der Waals surface area contributed by atoms with Crippen LogP contribution in [-0.4, -0.2) is 31.6 Å². The van der Waals surface area contributed by atoms with Gasteiger partial charge in [0.2, 0.25) is 0 Å². The molecule has 2 aromatic rings. The van der Waals surface area contributed by atoms with Gasteiger partial charge < -0.3 is 5.11 Å². The molecule has 1 N–H and O–H groups in total. The van der Waals surface area contributed by atoms with E-state index in [1.165, 1.54) is 5.56 Å². The number of carboxylic acid groups (broad SMARTS) is 1. The summed E-state index contributed by atoms with van der Waals surface area (Å²) in [6.07, 6.45) is 1.58. The number of carbonyl (C=O) groups is 1.